The van der Waals surface area contributed by atoms with Crippen molar-refractivity contribution in [2.45, 2.75) is 46.7 Å². The Morgan fingerprint density at radius 1 is 1.25 bits per heavy atom. The summed E-state index contributed by atoms with van der Waals surface area (Å²) in [5, 5.41) is 3.62. The fourth-order valence-electron chi connectivity index (χ4n) is 3.36. The molecular weight excluding hydrogens is 372 g/mol. The van der Waals surface area contributed by atoms with Crippen LogP contribution in [0.25, 0.3) is 0 Å². The predicted octanol–water partition coefficient (Wildman–Crippen LogP) is 4.47. The van der Waals surface area contributed by atoms with E-state index in [4.69, 9.17) is 4.74 Å². The highest BCUT2D eigenvalue weighted by molar-refractivity contribution is 7.17. The van der Waals surface area contributed by atoms with E-state index < -0.39 is 0 Å². The normalized spacial score (nSPS) is 15.0. The first kappa shape index (κ1) is 20.6. The number of nitrogens with one attached hydrogen (secondary N) is 1. The van der Waals surface area contributed by atoms with Crippen LogP contribution in [0.2, 0.25) is 0 Å². The number of benzene rings is 1. The van der Waals surface area contributed by atoms with Gasteiger partial charge in [0, 0.05) is 30.4 Å². The van der Waals surface area contributed by atoms with Crippen molar-refractivity contribution in [3.63, 3.8) is 0 Å². The minimum absolute atomic E-state index is 0.0483. The molecule has 1 amide bonds. The minimum Gasteiger partial charge on any atom is -0.462 e. The maximum atomic E-state index is 12.6. The van der Waals surface area contributed by atoms with Crippen molar-refractivity contribution in [2.75, 3.05) is 18.5 Å². The number of fused-ring (bicyclic) bond motifs is 1. The highest BCUT2D eigenvalue weighted by Crippen LogP contribution is 2.38. The molecule has 0 unspecified atom stereocenters. The van der Waals surface area contributed by atoms with Crippen LogP contribution in [0.3, 0.4) is 0 Å². The number of carbonyl (C=O) groups is 2. The summed E-state index contributed by atoms with van der Waals surface area (Å²) < 4.78 is 5.29. The SMILES string of the molecule is CCOC(=O)c1c(NC(=O)[C@H](C)CC)sc2c1CCN(Cc1ccccc1)C2. The highest BCUT2D eigenvalue weighted by Gasteiger charge is 2.30. The smallest absolute Gasteiger partial charge is 0.341 e. The van der Waals surface area contributed by atoms with Crippen LogP contribution >= 0.6 is 11.3 Å². The molecular formula is C22H28N2O3S. The summed E-state index contributed by atoms with van der Waals surface area (Å²) in [6.07, 6.45) is 1.54. The summed E-state index contributed by atoms with van der Waals surface area (Å²) >= 11 is 1.51. The Bertz CT molecular complexity index is 832. The molecule has 2 heterocycles. The molecule has 1 atom stereocenters. The van der Waals surface area contributed by atoms with Gasteiger partial charge in [0.15, 0.2) is 0 Å². The van der Waals surface area contributed by atoms with Crippen LogP contribution in [0.5, 0.6) is 0 Å². The van der Waals surface area contributed by atoms with Crippen LogP contribution in [0.1, 0.15) is 53.6 Å². The van der Waals surface area contributed by atoms with E-state index >= 15 is 0 Å². The van der Waals surface area contributed by atoms with Crippen molar-refractivity contribution in [2.24, 2.45) is 5.92 Å². The number of carbonyl (C=O) groups excluding carboxylic acids is 2. The number of ether oxygens (including phenoxy) is 1. The van der Waals surface area contributed by atoms with E-state index in [9.17, 15) is 9.59 Å². The van der Waals surface area contributed by atoms with Gasteiger partial charge in [-0.05, 0) is 30.9 Å². The molecule has 28 heavy (non-hydrogen) atoms. The number of hydrogen-bond acceptors (Lipinski definition) is 5. The van der Waals surface area contributed by atoms with Crippen LogP contribution in [-0.2, 0) is 29.0 Å². The van der Waals surface area contributed by atoms with Gasteiger partial charge in [0.1, 0.15) is 5.00 Å². The summed E-state index contributed by atoms with van der Waals surface area (Å²) in [6, 6.07) is 10.4. The van der Waals surface area contributed by atoms with Gasteiger partial charge in [0.25, 0.3) is 0 Å². The van der Waals surface area contributed by atoms with E-state index in [0.29, 0.717) is 17.2 Å². The van der Waals surface area contributed by atoms with E-state index in [2.05, 4.69) is 34.5 Å². The molecule has 5 nitrogen and oxygen atoms in total. The highest BCUT2D eigenvalue weighted by atomic mass is 32.1. The van der Waals surface area contributed by atoms with E-state index in [0.717, 1.165) is 42.9 Å². The number of amides is 1. The Hall–Kier alpha value is -2.18. The number of anilines is 1. The predicted molar refractivity (Wildman–Crippen MR) is 113 cm³/mol. The number of hydrogen-bond donors (Lipinski definition) is 1. The third kappa shape index (κ3) is 4.62. The summed E-state index contributed by atoms with van der Waals surface area (Å²) in [7, 11) is 0. The minimum atomic E-state index is -0.337. The molecule has 0 saturated heterocycles. The second-order valence-corrected chi connectivity index (χ2v) is 8.28. The molecule has 1 aromatic heterocycles. The molecule has 0 saturated carbocycles. The van der Waals surface area contributed by atoms with E-state index in [1.807, 2.05) is 19.9 Å². The van der Waals surface area contributed by atoms with Gasteiger partial charge in [-0.1, -0.05) is 44.2 Å². The van der Waals surface area contributed by atoms with Gasteiger partial charge < -0.3 is 10.1 Å². The molecule has 6 heteroatoms. The topological polar surface area (TPSA) is 58.6 Å². The second kappa shape index (κ2) is 9.34. The molecule has 3 rings (SSSR count). The lowest BCUT2D eigenvalue weighted by Crippen LogP contribution is -2.30. The van der Waals surface area contributed by atoms with Crippen molar-refractivity contribution < 1.29 is 14.3 Å². The third-order valence-corrected chi connectivity index (χ3v) is 6.29. The monoisotopic (exact) mass is 400 g/mol. The fourth-order valence-corrected chi connectivity index (χ4v) is 4.64. The Labute approximate surface area is 170 Å². The van der Waals surface area contributed by atoms with Crippen molar-refractivity contribution in [1.82, 2.24) is 4.90 Å². The Morgan fingerprint density at radius 2 is 2.00 bits per heavy atom. The third-order valence-electron chi connectivity index (χ3n) is 5.16. The molecule has 0 spiro atoms. The number of nitrogens with zero attached hydrogens (tertiary/aromatic N) is 1. The number of rotatable bonds is 7. The van der Waals surface area contributed by atoms with Crippen molar-refractivity contribution in [3.05, 3.63) is 51.9 Å². The molecule has 1 aromatic carbocycles. The first-order chi connectivity index (χ1) is 13.5. The van der Waals surface area contributed by atoms with Gasteiger partial charge in [0.05, 0.1) is 12.2 Å². The molecule has 0 fully saturated rings. The van der Waals surface area contributed by atoms with Crippen molar-refractivity contribution in [3.8, 4) is 0 Å². The van der Waals surface area contributed by atoms with Crippen LogP contribution in [0.4, 0.5) is 5.00 Å². The molecule has 150 valence electrons. The van der Waals surface area contributed by atoms with Crippen LogP contribution in [0.15, 0.2) is 30.3 Å². The zero-order chi connectivity index (χ0) is 20.1. The lowest BCUT2D eigenvalue weighted by molar-refractivity contribution is -0.119. The molecule has 0 bridgehead atoms. The summed E-state index contributed by atoms with van der Waals surface area (Å²) in [5.41, 5.74) is 2.86. The Morgan fingerprint density at radius 3 is 2.68 bits per heavy atom. The second-order valence-electron chi connectivity index (χ2n) is 7.17. The van der Waals surface area contributed by atoms with Gasteiger partial charge >= 0.3 is 5.97 Å². The Balaban J connectivity index is 1.84. The summed E-state index contributed by atoms with van der Waals surface area (Å²) in [5.74, 6) is -0.479. The zero-order valence-electron chi connectivity index (χ0n) is 16.8. The van der Waals surface area contributed by atoms with Gasteiger partial charge in [0.2, 0.25) is 5.91 Å². The van der Waals surface area contributed by atoms with Gasteiger partial charge in [-0.3, -0.25) is 9.69 Å². The van der Waals surface area contributed by atoms with E-state index in [1.165, 1.54) is 16.9 Å². The summed E-state index contributed by atoms with van der Waals surface area (Å²) in [4.78, 5) is 28.6. The average Bonchev–Trinajstić information content (AvgIpc) is 3.05. The average molecular weight is 401 g/mol. The van der Waals surface area contributed by atoms with Gasteiger partial charge in [-0.15, -0.1) is 11.3 Å². The number of esters is 1. The zero-order valence-corrected chi connectivity index (χ0v) is 17.6. The Kier molecular flexibility index (Phi) is 6.86. The molecule has 1 aliphatic rings. The van der Waals surface area contributed by atoms with Crippen LogP contribution in [-0.4, -0.2) is 29.9 Å². The molecule has 1 aliphatic heterocycles. The standard InChI is InChI=1S/C22H28N2O3S/c1-4-15(3)20(25)23-21-19(22(26)27-5-2)17-11-12-24(14-18(17)28-21)13-16-9-7-6-8-10-16/h6-10,15H,4-5,11-14H2,1-3H3,(H,23,25)/t15-/m1/s1. The molecule has 0 radical (unpaired) electrons. The van der Waals surface area contributed by atoms with Gasteiger partial charge in [-0.25, -0.2) is 4.79 Å². The van der Waals surface area contributed by atoms with Crippen LogP contribution < -0.4 is 5.32 Å². The molecule has 0 aliphatic carbocycles. The van der Waals surface area contributed by atoms with E-state index in [-0.39, 0.29) is 17.8 Å². The first-order valence-corrected chi connectivity index (χ1v) is 10.7. The van der Waals surface area contributed by atoms with Crippen molar-refractivity contribution in [1.29, 1.82) is 0 Å². The van der Waals surface area contributed by atoms with Gasteiger partial charge in [-0.2, -0.15) is 0 Å². The van der Waals surface area contributed by atoms with E-state index in [1.54, 1.807) is 6.92 Å². The number of thiophene rings is 1. The largest absolute Gasteiger partial charge is 0.462 e. The maximum Gasteiger partial charge on any atom is 0.341 e. The summed E-state index contributed by atoms with van der Waals surface area (Å²) in [6.45, 7) is 8.54. The fraction of sp³-hybridized carbons (Fsp3) is 0.455. The quantitative estimate of drug-likeness (QED) is 0.697. The first-order valence-electron chi connectivity index (χ1n) is 9.92. The van der Waals surface area contributed by atoms with Crippen LogP contribution in [0, 0.1) is 5.92 Å². The lowest BCUT2D eigenvalue weighted by atomic mass is 10.0. The molecule has 2 aromatic rings. The van der Waals surface area contributed by atoms with Crippen molar-refractivity contribution >= 4 is 28.2 Å². The maximum absolute atomic E-state index is 12.6. The lowest BCUT2D eigenvalue weighted by Gasteiger charge is -2.27. The molecule has 1 N–H and O–H groups in total.